The van der Waals surface area contributed by atoms with Gasteiger partial charge in [0.15, 0.2) is 0 Å². The summed E-state index contributed by atoms with van der Waals surface area (Å²) >= 11 is 0. The first kappa shape index (κ1) is 19.8. The Morgan fingerprint density at radius 2 is 1.88 bits per heavy atom. The van der Waals surface area contributed by atoms with E-state index in [9.17, 15) is 13.2 Å². The zero-order valence-corrected chi connectivity index (χ0v) is 14.7. The summed E-state index contributed by atoms with van der Waals surface area (Å²) in [5, 5.41) is 12.2. The van der Waals surface area contributed by atoms with Crippen molar-refractivity contribution < 1.29 is 23.0 Å². The second-order valence-corrected chi connectivity index (χ2v) is 5.96. The van der Waals surface area contributed by atoms with Gasteiger partial charge in [-0.2, -0.15) is 13.2 Å². The van der Waals surface area contributed by atoms with E-state index in [1.807, 2.05) is 36.4 Å². The highest BCUT2D eigenvalue weighted by Crippen LogP contribution is 2.38. The summed E-state index contributed by atoms with van der Waals surface area (Å²) in [5.41, 5.74) is 0.833. The average Bonchev–Trinajstić information content (AvgIpc) is 2.64. The van der Waals surface area contributed by atoms with Crippen LogP contribution in [0.4, 0.5) is 18.9 Å². The van der Waals surface area contributed by atoms with Gasteiger partial charge in [-0.1, -0.05) is 42.0 Å². The number of halogens is 3. The van der Waals surface area contributed by atoms with Crippen LogP contribution in [0.15, 0.2) is 60.2 Å². The zero-order valence-electron chi connectivity index (χ0n) is 14.7. The molecule has 2 aromatic rings. The maximum atomic E-state index is 13.4. The highest BCUT2D eigenvalue weighted by molar-refractivity contribution is 5.57. The molecule has 2 aromatic carbocycles. The van der Waals surface area contributed by atoms with Gasteiger partial charge < -0.3 is 15.2 Å². The Kier molecular flexibility index (Phi) is 6.69. The SMILES string of the molecule is COc1ccc(NC(C/C=C(\C)CO)c2ccccc2)c(C(F)(F)F)c1. The van der Waals surface area contributed by atoms with Crippen LogP contribution in [0, 0.1) is 0 Å². The van der Waals surface area contributed by atoms with Gasteiger partial charge in [0.05, 0.1) is 25.3 Å². The van der Waals surface area contributed by atoms with Gasteiger partial charge in [-0.25, -0.2) is 0 Å². The fourth-order valence-electron chi connectivity index (χ4n) is 2.55. The van der Waals surface area contributed by atoms with E-state index in [1.165, 1.54) is 19.2 Å². The summed E-state index contributed by atoms with van der Waals surface area (Å²) in [6.45, 7) is 1.69. The molecule has 1 atom stereocenters. The van der Waals surface area contributed by atoms with Crippen molar-refractivity contribution in [2.45, 2.75) is 25.6 Å². The lowest BCUT2D eigenvalue weighted by Gasteiger charge is -2.23. The molecule has 0 saturated heterocycles. The molecule has 2 rings (SSSR count). The Balaban J connectivity index is 2.39. The average molecular weight is 365 g/mol. The van der Waals surface area contributed by atoms with Crippen molar-refractivity contribution in [2.75, 3.05) is 19.0 Å². The van der Waals surface area contributed by atoms with E-state index in [1.54, 1.807) is 6.92 Å². The third-order valence-electron chi connectivity index (χ3n) is 4.02. The largest absolute Gasteiger partial charge is 0.497 e. The van der Waals surface area contributed by atoms with E-state index in [0.717, 1.165) is 17.2 Å². The number of aliphatic hydroxyl groups is 1. The molecule has 0 spiro atoms. The van der Waals surface area contributed by atoms with Crippen molar-refractivity contribution in [2.24, 2.45) is 0 Å². The fourth-order valence-corrected chi connectivity index (χ4v) is 2.55. The van der Waals surface area contributed by atoms with Gasteiger partial charge in [0.25, 0.3) is 0 Å². The Hall–Kier alpha value is -2.47. The highest BCUT2D eigenvalue weighted by atomic mass is 19.4. The number of benzene rings is 2. The van der Waals surface area contributed by atoms with E-state index >= 15 is 0 Å². The Labute approximate surface area is 151 Å². The molecular formula is C20H22F3NO2. The Bertz CT molecular complexity index is 742. The van der Waals surface area contributed by atoms with Crippen molar-refractivity contribution >= 4 is 5.69 Å². The lowest BCUT2D eigenvalue weighted by molar-refractivity contribution is -0.137. The second-order valence-electron chi connectivity index (χ2n) is 5.96. The van der Waals surface area contributed by atoms with Crippen LogP contribution in [-0.2, 0) is 6.18 Å². The maximum Gasteiger partial charge on any atom is 0.418 e. The van der Waals surface area contributed by atoms with Gasteiger partial charge in [-0.05, 0) is 37.1 Å². The predicted octanol–water partition coefficient (Wildman–Crippen LogP) is 5.20. The standard InChI is InChI=1S/C20H22F3NO2/c1-14(13-25)8-10-18(15-6-4-3-5-7-15)24-19-11-9-16(26-2)12-17(19)20(21,22)23/h3-9,11-12,18,24-25H,10,13H2,1-2H3/b14-8+. The van der Waals surface area contributed by atoms with Gasteiger partial charge in [0.1, 0.15) is 5.75 Å². The molecule has 0 radical (unpaired) electrons. The third-order valence-corrected chi connectivity index (χ3v) is 4.02. The first-order chi connectivity index (χ1) is 12.3. The summed E-state index contributed by atoms with van der Waals surface area (Å²) in [6.07, 6.45) is -2.24. The molecule has 6 heteroatoms. The number of ether oxygens (including phenoxy) is 1. The minimum Gasteiger partial charge on any atom is -0.497 e. The minimum absolute atomic E-state index is 0.0118. The number of hydrogen-bond donors (Lipinski definition) is 2. The molecule has 0 aliphatic heterocycles. The molecule has 0 aliphatic rings. The van der Waals surface area contributed by atoms with Crippen molar-refractivity contribution in [1.82, 2.24) is 0 Å². The lowest BCUT2D eigenvalue weighted by atomic mass is 10.0. The number of aliphatic hydroxyl groups excluding tert-OH is 1. The van der Waals surface area contributed by atoms with Crippen LogP contribution in [0.1, 0.15) is 30.5 Å². The number of methoxy groups -OCH3 is 1. The molecule has 1 unspecified atom stereocenters. The summed E-state index contributed by atoms with van der Waals surface area (Å²) in [5.74, 6) is 0.148. The van der Waals surface area contributed by atoms with Crippen LogP contribution in [-0.4, -0.2) is 18.8 Å². The fraction of sp³-hybridized carbons (Fsp3) is 0.300. The summed E-state index contributed by atoms with van der Waals surface area (Å²) in [7, 11) is 1.33. The summed E-state index contributed by atoms with van der Waals surface area (Å²) in [6, 6.07) is 12.7. The number of rotatable bonds is 7. The van der Waals surface area contributed by atoms with Crippen molar-refractivity contribution in [1.29, 1.82) is 0 Å². The first-order valence-corrected chi connectivity index (χ1v) is 8.18. The number of alkyl halides is 3. The topological polar surface area (TPSA) is 41.5 Å². The quantitative estimate of drug-likeness (QED) is 0.663. The molecule has 140 valence electrons. The normalized spacial score (nSPS) is 13.4. The molecule has 0 saturated carbocycles. The monoisotopic (exact) mass is 365 g/mol. The van der Waals surface area contributed by atoms with Crippen LogP contribution >= 0.6 is 0 Å². The van der Waals surface area contributed by atoms with E-state index in [0.29, 0.717) is 6.42 Å². The zero-order chi connectivity index (χ0) is 19.2. The molecule has 0 fully saturated rings. The smallest absolute Gasteiger partial charge is 0.418 e. The highest BCUT2D eigenvalue weighted by Gasteiger charge is 2.34. The maximum absolute atomic E-state index is 13.4. The molecular weight excluding hydrogens is 343 g/mol. The predicted molar refractivity (Wildman–Crippen MR) is 96.3 cm³/mol. The van der Waals surface area contributed by atoms with Gasteiger partial charge in [-0.3, -0.25) is 0 Å². The van der Waals surface area contributed by atoms with Crippen LogP contribution < -0.4 is 10.1 Å². The summed E-state index contributed by atoms with van der Waals surface area (Å²) < 4.78 is 45.3. The summed E-state index contributed by atoms with van der Waals surface area (Å²) in [4.78, 5) is 0. The van der Waals surface area contributed by atoms with Crippen LogP contribution in [0.2, 0.25) is 0 Å². The molecule has 0 aromatic heterocycles. The van der Waals surface area contributed by atoms with Crippen molar-refractivity contribution in [3.63, 3.8) is 0 Å². The molecule has 26 heavy (non-hydrogen) atoms. The van der Waals surface area contributed by atoms with E-state index in [-0.39, 0.29) is 24.1 Å². The van der Waals surface area contributed by atoms with E-state index in [2.05, 4.69) is 5.32 Å². The van der Waals surface area contributed by atoms with E-state index in [4.69, 9.17) is 9.84 Å². The number of anilines is 1. The molecule has 0 amide bonds. The number of hydrogen-bond acceptors (Lipinski definition) is 3. The van der Waals surface area contributed by atoms with Crippen LogP contribution in [0.5, 0.6) is 5.75 Å². The van der Waals surface area contributed by atoms with Gasteiger partial charge >= 0.3 is 6.18 Å². The Morgan fingerprint density at radius 3 is 2.46 bits per heavy atom. The molecule has 0 heterocycles. The molecule has 0 bridgehead atoms. The van der Waals surface area contributed by atoms with Crippen LogP contribution in [0.3, 0.4) is 0 Å². The van der Waals surface area contributed by atoms with Crippen molar-refractivity contribution in [3.8, 4) is 5.75 Å². The van der Waals surface area contributed by atoms with Gasteiger partial charge in [0.2, 0.25) is 0 Å². The second kappa shape index (κ2) is 8.76. The van der Waals surface area contributed by atoms with Gasteiger partial charge in [-0.15, -0.1) is 0 Å². The molecule has 2 N–H and O–H groups in total. The molecule has 3 nitrogen and oxygen atoms in total. The minimum atomic E-state index is -4.50. The van der Waals surface area contributed by atoms with Crippen molar-refractivity contribution in [3.05, 3.63) is 71.3 Å². The van der Waals surface area contributed by atoms with E-state index < -0.39 is 11.7 Å². The molecule has 0 aliphatic carbocycles. The third kappa shape index (κ3) is 5.26. The number of nitrogens with one attached hydrogen (secondary N) is 1. The Morgan fingerprint density at radius 1 is 1.19 bits per heavy atom. The first-order valence-electron chi connectivity index (χ1n) is 8.18. The van der Waals surface area contributed by atoms with Gasteiger partial charge in [0, 0.05) is 5.69 Å². The van der Waals surface area contributed by atoms with Crippen LogP contribution in [0.25, 0.3) is 0 Å². The lowest BCUT2D eigenvalue weighted by Crippen LogP contribution is -2.15.